The number of nitrogen functional groups attached to an aromatic ring is 1. The predicted molar refractivity (Wildman–Crippen MR) is 94.4 cm³/mol. The SMILES string of the molecule is CC(C)(C)OC(=O)c1ccc(Cc2c[nH]c3nc(N)nc(O)c23)cc1. The highest BCUT2D eigenvalue weighted by atomic mass is 16.6. The lowest BCUT2D eigenvalue weighted by molar-refractivity contribution is 0.00695. The summed E-state index contributed by atoms with van der Waals surface area (Å²) in [4.78, 5) is 22.9. The number of esters is 1. The fourth-order valence-corrected chi connectivity index (χ4v) is 2.55. The number of aromatic hydroxyl groups is 1. The Hall–Kier alpha value is -3.09. The molecule has 7 nitrogen and oxygen atoms in total. The number of aromatic nitrogens is 3. The third kappa shape index (κ3) is 3.71. The van der Waals surface area contributed by atoms with Crippen LogP contribution in [0.25, 0.3) is 11.0 Å². The Kier molecular flexibility index (Phi) is 4.08. The van der Waals surface area contributed by atoms with Gasteiger partial charge in [-0.2, -0.15) is 9.97 Å². The number of anilines is 1. The van der Waals surface area contributed by atoms with E-state index in [1.165, 1.54) is 0 Å². The van der Waals surface area contributed by atoms with Crippen LogP contribution in [-0.2, 0) is 11.2 Å². The van der Waals surface area contributed by atoms with Gasteiger partial charge in [-0.25, -0.2) is 4.79 Å². The third-order valence-corrected chi connectivity index (χ3v) is 3.59. The molecule has 130 valence electrons. The maximum absolute atomic E-state index is 12.1. The molecule has 0 aliphatic heterocycles. The second-order valence-electron chi connectivity index (χ2n) is 6.82. The number of carbonyl (C=O) groups excluding carboxylic acids is 1. The number of nitrogens with one attached hydrogen (secondary N) is 1. The van der Waals surface area contributed by atoms with Gasteiger partial charge in [-0.05, 0) is 50.5 Å². The number of nitrogens with zero attached hydrogens (tertiary/aromatic N) is 2. The smallest absolute Gasteiger partial charge is 0.338 e. The molecule has 0 saturated carbocycles. The van der Waals surface area contributed by atoms with E-state index in [2.05, 4.69) is 15.0 Å². The molecule has 3 rings (SSSR count). The number of hydrogen-bond acceptors (Lipinski definition) is 6. The highest BCUT2D eigenvalue weighted by molar-refractivity contribution is 5.90. The molecule has 0 bridgehead atoms. The maximum Gasteiger partial charge on any atom is 0.338 e. The van der Waals surface area contributed by atoms with E-state index in [4.69, 9.17) is 10.5 Å². The molecule has 0 saturated heterocycles. The monoisotopic (exact) mass is 340 g/mol. The molecule has 0 aliphatic carbocycles. The van der Waals surface area contributed by atoms with Gasteiger partial charge in [-0.1, -0.05) is 12.1 Å². The Morgan fingerprint density at radius 1 is 1.24 bits per heavy atom. The van der Waals surface area contributed by atoms with Crippen LogP contribution in [0, 0.1) is 0 Å². The molecule has 0 atom stereocenters. The molecule has 4 N–H and O–H groups in total. The van der Waals surface area contributed by atoms with Crippen molar-refractivity contribution in [1.82, 2.24) is 15.0 Å². The third-order valence-electron chi connectivity index (χ3n) is 3.59. The minimum absolute atomic E-state index is 0.0140. The molecule has 0 spiro atoms. The van der Waals surface area contributed by atoms with Crippen LogP contribution in [-0.4, -0.2) is 31.6 Å². The van der Waals surface area contributed by atoms with Gasteiger partial charge < -0.3 is 20.6 Å². The van der Waals surface area contributed by atoms with E-state index in [-0.39, 0.29) is 17.8 Å². The molecule has 0 radical (unpaired) electrons. The normalized spacial score (nSPS) is 11.6. The van der Waals surface area contributed by atoms with Crippen LogP contribution in [0.2, 0.25) is 0 Å². The molecule has 3 aromatic rings. The molecule has 0 unspecified atom stereocenters. The predicted octanol–water partition coefficient (Wildman–Crippen LogP) is 2.79. The van der Waals surface area contributed by atoms with Gasteiger partial charge in [0, 0.05) is 6.20 Å². The largest absolute Gasteiger partial charge is 0.493 e. The molecule has 25 heavy (non-hydrogen) atoms. The summed E-state index contributed by atoms with van der Waals surface area (Å²) in [5.74, 6) is -0.489. The summed E-state index contributed by atoms with van der Waals surface area (Å²) >= 11 is 0. The van der Waals surface area contributed by atoms with Gasteiger partial charge in [-0.3, -0.25) is 0 Å². The molecule has 0 fully saturated rings. The zero-order chi connectivity index (χ0) is 18.2. The van der Waals surface area contributed by atoms with Gasteiger partial charge in [0.05, 0.1) is 10.9 Å². The second kappa shape index (κ2) is 6.08. The number of H-pyrrole nitrogens is 1. The highest BCUT2D eigenvalue weighted by Crippen LogP contribution is 2.27. The topological polar surface area (TPSA) is 114 Å². The Morgan fingerprint density at radius 3 is 2.56 bits per heavy atom. The summed E-state index contributed by atoms with van der Waals surface area (Å²) in [5, 5.41) is 10.6. The first-order valence-corrected chi connectivity index (χ1v) is 7.87. The van der Waals surface area contributed by atoms with Crippen LogP contribution in [0.5, 0.6) is 5.88 Å². The van der Waals surface area contributed by atoms with E-state index in [1.807, 2.05) is 32.9 Å². The zero-order valence-electron chi connectivity index (χ0n) is 14.3. The van der Waals surface area contributed by atoms with Crippen molar-refractivity contribution in [3.8, 4) is 5.88 Å². The van der Waals surface area contributed by atoms with Gasteiger partial charge in [-0.15, -0.1) is 0 Å². The van der Waals surface area contributed by atoms with E-state index in [1.54, 1.807) is 18.3 Å². The minimum atomic E-state index is -0.529. The first-order chi connectivity index (χ1) is 11.7. The lowest BCUT2D eigenvalue weighted by Crippen LogP contribution is -2.23. The molecule has 0 amide bonds. The maximum atomic E-state index is 12.1. The Labute approximate surface area is 144 Å². The van der Waals surface area contributed by atoms with E-state index < -0.39 is 5.60 Å². The summed E-state index contributed by atoms with van der Waals surface area (Å²) in [6.45, 7) is 5.49. The van der Waals surface area contributed by atoms with E-state index in [0.717, 1.165) is 11.1 Å². The van der Waals surface area contributed by atoms with E-state index in [9.17, 15) is 9.90 Å². The van der Waals surface area contributed by atoms with Crippen LogP contribution < -0.4 is 5.73 Å². The van der Waals surface area contributed by atoms with Gasteiger partial charge in [0.1, 0.15) is 11.2 Å². The van der Waals surface area contributed by atoms with Crippen LogP contribution in [0.15, 0.2) is 30.5 Å². The average Bonchev–Trinajstić information content (AvgIpc) is 2.89. The van der Waals surface area contributed by atoms with Gasteiger partial charge in [0.15, 0.2) is 0 Å². The zero-order valence-corrected chi connectivity index (χ0v) is 14.3. The van der Waals surface area contributed by atoms with E-state index >= 15 is 0 Å². The molecular weight excluding hydrogens is 320 g/mol. The van der Waals surface area contributed by atoms with Crippen molar-refractivity contribution >= 4 is 23.0 Å². The van der Waals surface area contributed by atoms with Crippen LogP contribution in [0.3, 0.4) is 0 Å². The number of rotatable bonds is 3. The van der Waals surface area contributed by atoms with Crippen LogP contribution >= 0.6 is 0 Å². The van der Waals surface area contributed by atoms with E-state index in [0.29, 0.717) is 23.0 Å². The molecular formula is C18H20N4O3. The molecule has 2 heterocycles. The lowest BCUT2D eigenvalue weighted by atomic mass is 10.0. The number of hydrogen-bond donors (Lipinski definition) is 3. The number of benzene rings is 1. The summed E-state index contributed by atoms with van der Waals surface area (Å²) in [5.41, 5.74) is 7.81. The number of carbonyl (C=O) groups is 1. The fourth-order valence-electron chi connectivity index (χ4n) is 2.55. The van der Waals surface area contributed by atoms with Gasteiger partial charge in [0.25, 0.3) is 0 Å². The van der Waals surface area contributed by atoms with Crippen molar-refractivity contribution in [3.63, 3.8) is 0 Å². The van der Waals surface area contributed by atoms with Crippen molar-refractivity contribution < 1.29 is 14.6 Å². The second-order valence-corrected chi connectivity index (χ2v) is 6.82. The van der Waals surface area contributed by atoms with Crippen molar-refractivity contribution in [2.45, 2.75) is 32.8 Å². The Morgan fingerprint density at radius 2 is 1.92 bits per heavy atom. The molecule has 0 aliphatic rings. The number of ether oxygens (including phenoxy) is 1. The van der Waals surface area contributed by atoms with Crippen molar-refractivity contribution in [3.05, 3.63) is 47.2 Å². The summed E-state index contributed by atoms with van der Waals surface area (Å²) in [6.07, 6.45) is 2.32. The highest BCUT2D eigenvalue weighted by Gasteiger charge is 2.18. The quantitative estimate of drug-likeness (QED) is 0.632. The van der Waals surface area contributed by atoms with Gasteiger partial charge in [0.2, 0.25) is 11.8 Å². The van der Waals surface area contributed by atoms with Crippen LogP contribution in [0.1, 0.15) is 42.3 Å². The first-order valence-electron chi connectivity index (χ1n) is 7.87. The van der Waals surface area contributed by atoms with Gasteiger partial charge >= 0.3 is 5.97 Å². The summed E-state index contributed by atoms with van der Waals surface area (Å²) < 4.78 is 5.35. The van der Waals surface area contributed by atoms with Crippen molar-refractivity contribution in [1.29, 1.82) is 0 Å². The minimum Gasteiger partial charge on any atom is -0.493 e. The number of nitrogens with two attached hydrogens (primary N) is 1. The number of fused-ring (bicyclic) bond motifs is 1. The first kappa shape index (κ1) is 16.8. The lowest BCUT2D eigenvalue weighted by Gasteiger charge is -2.19. The number of aromatic amines is 1. The Balaban J connectivity index is 1.82. The summed E-state index contributed by atoms with van der Waals surface area (Å²) in [7, 11) is 0. The van der Waals surface area contributed by atoms with Crippen LogP contribution in [0.4, 0.5) is 5.95 Å². The molecule has 2 aromatic heterocycles. The summed E-state index contributed by atoms with van der Waals surface area (Å²) in [6, 6.07) is 7.17. The Bertz CT molecular complexity index is 924. The van der Waals surface area contributed by atoms with Crippen molar-refractivity contribution in [2.24, 2.45) is 0 Å². The standard InChI is InChI=1S/C18H20N4O3/c1-18(2,3)25-16(24)11-6-4-10(5-7-11)8-12-9-20-14-13(12)15(23)22-17(19)21-14/h4-7,9H,8H2,1-3H3,(H4,19,20,21,22,23). The molecule has 7 heteroatoms. The van der Waals surface area contributed by atoms with Crippen molar-refractivity contribution in [2.75, 3.05) is 5.73 Å². The fraction of sp³-hybridized carbons (Fsp3) is 0.278. The average molecular weight is 340 g/mol. The molecule has 1 aromatic carbocycles.